The molecule has 0 radical (unpaired) electrons. The molecule has 0 aromatic heterocycles. The topological polar surface area (TPSA) is 49.8 Å². The molecule has 4 heteroatoms. The lowest BCUT2D eigenvalue weighted by Gasteiger charge is -2.27. The molecule has 1 aliphatic rings. The molecule has 0 amide bonds. The smallest absolute Gasteiger partial charge is 0.305 e. The maximum atomic E-state index is 11.1. The average Bonchev–Trinajstić information content (AvgIpc) is 2.90. The number of rotatable bonds is 6. The van der Waals surface area contributed by atoms with Crippen molar-refractivity contribution in [3.05, 3.63) is 35.4 Å². The summed E-state index contributed by atoms with van der Waals surface area (Å²) in [5, 5.41) is 9.13. The van der Waals surface area contributed by atoms with Crippen molar-refractivity contribution >= 4 is 5.97 Å². The van der Waals surface area contributed by atoms with E-state index in [1.54, 1.807) is 7.11 Å². The van der Waals surface area contributed by atoms with E-state index in [0.29, 0.717) is 6.61 Å². The monoisotopic (exact) mass is 263 g/mol. The molecule has 1 fully saturated rings. The molecule has 1 aliphatic heterocycles. The van der Waals surface area contributed by atoms with Gasteiger partial charge in [0, 0.05) is 13.2 Å². The molecule has 1 aromatic rings. The normalized spacial score (nSPS) is 17.5. The van der Waals surface area contributed by atoms with Crippen molar-refractivity contribution in [2.24, 2.45) is 0 Å². The van der Waals surface area contributed by atoms with Gasteiger partial charge in [-0.2, -0.15) is 0 Å². The Morgan fingerprint density at radius 3 is 2.79 bits per heavy atom. The molecular weight excluding hydrogens is 242 g/mol. The summed E-state index contributed by atoms with van der Waals surface area (Å²) >= 11 is 0. The summed E-state index contributed by atoms with van der Waals surface area (Å²) in [5.74, 6) is -0.742. The number of carbonyl (C=O) groups is 1. The molecular formula is C15H21NO3. The van der Waals surface area contributed by atoms with Crippen LogP contribution in [0.2, 0.25) is 0 Å². The van der Waals surface area contributed by atoms with E-state index >= 15 is 0 Å². The molecule has 2 rings (SSSR count). The van der Waals surface area contributed by atoms with Crippen LogP contribution in [0.25, 0.3) is 0 Å². The second-order valence-corrected chi connectivity index (χ2v) is 5.03. The zero-order valence-corrected chi connectivity index (χ0v) is 11.3. The van der Waals surface area contributed by atoms with Crippen molar-refractivity contribution in [3.8, 4) is 0 Å². The molecule has 1 N–H and O–H groups in total. The van der Waals surface area contributed by atoms with Crippen molar-refractivity contribution in [2.75, 3.05) is 20.2 Å². The number of methoxy groups -OCH3 is 1. The van der Waals surface area contributed by atoms with Crippen LogP contribution >= 0.6 is 0 Å². The van der Waals surface area contributed by atoms with E-state index < -0.39 is 5.97 Å². The van der Waals surface area contributed by atoms with Crippen LogP contribution in [0.4, 0.5) is 0 Å². The third kappa shape index (κ3) is 3.78. The van der Waals surface area contributed by atoms with Gasteiger partial charge in [0.25, 0.3) is 0 Å². The molecule has 1 atom stereocenters. The predicted octanol–water partition coefficient (Wildman–Crippen LogP) is 2.44. The minimum absolute atomic E-state index is 0.0168. The Morgan fingerprint density at radius 1 is 1.42 bits per heavy atom. The van der Waals surface area contributed by atoms with Crippen molar-refractivity contribution in [2.45, 2.75) is 31.9 Å². The molecule has 0 bridgehead atoms. The second-order valence-electron chi connectivity index (χ2n) is 5.03. The first kappa shape index (κ1) is 14.0. The van der Waals surface area contributed by atoms with Gasteiger partial charge < -0.3 is 9.84 Å². The number of ether oxygens (including phenoxy) is 1. The zero-order chi connectivity index (χ0) is 13.7. The lowest BCUT2D eigenvalue weighted by atomic mass is 10.00. The van der Waals surface area contributed by atoms with E-state index in [-0.39, 0.29) is 12.5 Å². The van der Waals surface area contributed by atoms with Crippen molar-refractivity contribution < 1.29 is 14.6 Å². The Morgan fingerprint density at radius 2 is 2.16 bits per heavy atom. The minimum Gasteiger partial charge on any atom is -0.481 e. The van der Waals surface area contributed by atoms with Gasteiger partial charge in [-0.3, -0.25) is 9.69 Å². The van der Waals surface area contributed by atoms with Gasteiger partial charge in [-0.25, -0.2) is 0 Å². The van der Waals surface area contributed by atoms with Gasteiger partial charge in [0.1, 0.15) is 0 Å². The van der Waals surface area contributed by atoms with E-state index in [1.807, 2.05) is 18.2 Å². The molecule has 0 saturated carbocycles. The highest BCUT2D eigenvalue weighted by Crippen LogP contribution is 2.28. The number of nitrogens with zero attached hydrogens (tertiary/aromatic N) is 1. The maximum absolute atomic E-state index is 11.1. The lowest BCUT2D eigenvalue weighted by molar-refractivity contribution is -0.138. The molecule has 1 aromatic carbocycles. The zero-order valence-electron chi connectivity index (χ0n) is 11.3. The molecule has 1 saturated heterocycles. The number of aliphatic carboxylic acids is 1. The minimum atomic E-state index is -0.742. The van der Waals surface area contributed by atoms with Gasteiger partial charge in [-0.15, -0.1) is 0 Å². The fraction of sp³-hybridized carbons (Fsp3) is 0.533. The average molecular weight is 263 g/mol. The van der Waals surface area contributed by atoms with Crippen LogP contribution in [0.5, 0.6) is 0 Å². The summed E-state index contributed by atoms with van der Waals surface area (Å²) in [7, 11) is 1.67. The molecule has 4 nitrogen and oxygen atoms in total. The standard InChI is InChI=1S/C15H21NO3/c1-19-11-12-5-4-6-13(9-12)14(10-15(17)18)16-7-2-3-8-16/h4-6,9,14H,2-3,7-8,10-11H2,1H3,(H,17,18). The molecule has 19 heavy (non-hydrogen) atoms. The van der Waals surface area contributed by atoms with Gasteiger partial charge in [0.2, 0.25) is 0 Å². The second kappa shape index (κ2) is 6.68. The summed E-state index contributed by atoms with van der Waals surface area (Å²) in [6.07, 6.45) is 2.48. The molecule has 0 aliphatic carbocycles. The Hall–Kier alpha value is -1.39. The third-order valence-electron chi connectivity index (χ3n) is 3.60. The number of carboxylic acids is 1. The van der Waals surface area contributed by atoms with E-state index in [0.717, 1.165) is 37.1 Å². The first-order valence-corrected chi connectivity index (χ1v) is 6.74. The summed E-state index contributed by atoms with van der Waals surface area (Å²) < 4.78 is 5.14. The Bertz CT molecular complexity index is 427. The van der Waals surface area contributed by atoms with Crippen LogP contribution in [0.15, 0.2) is 24.3 Å². The van der Waals surface area contributed by atoms with E-state index in [9.17, 15) is 4.79 Å². The lowest BCUT2D eigenvalue weighted by Crippen LogP contribution is -2.27. The number of benzene rings is 1. The summed E-state index contributed by atoms with van der Waals surface area (Å²) in [6, 6.07) is 8.06. The molecule has 104 valence electrons. The maximum Gasteiger partial charge on any atom is 0.305 e. The SMILES string of the molecule is COCc1cccc(C(CC(=O)O)N2CCCC2)c1. The Labute approximate surface area is 114 Å². The van der Waals surface area contributed by atoms with Gasteiger partial charge in [0.05, 0.1) is 13.0 Å². The summed E-state index contributed by atoms with van der Waals surface area (Å²) in [4.78, 5) is 13.4. The number of likely N-dealkylation sites (tertiary alicyclic amines) is 1. The van der Waals surface area contributed by atoms with Gasteiger partial charge in [-0.1, -0.05) is 24.3 Å². The van der Waals surface area contributed by atoms with E-state index in [4.69, 9.17) is 9.84 Å². The summed E-state index contributed by atoms with van der Waals surface area (Å²) in [5.41, 5.74) is 2.17. The van der Waals surface area contributed by atoms with Crippen molar-refractivity contribution in [3.63, 3.8) is 0 Å². The van der Waals surface area contributed by atoms with Crippen LogP contribution in [0, 0.1) is 0 Å². The van der Waals surface area contributed by atoms with E-state index in [2.05, 4.69) is 11.0 Å². The fourth-order valence-corrected chi connectivity index (χ4v) is 2.73. The predicted molar refractivity (Wildman–Crippen MR) is 73.0 cm³/mol. The highest BCUT2D eigenvalue weighted by Gasteiger charge is 2.25. The molecule has 0 spiro atoms. The van der Waals surface area contributed by atoms with Crippen LogP contribution in [0.1, 0.15) is 36.4 Å². The van der Waals surface area contributed by atoms with Crippen LogP contribution in [-0.4, -0.2) is 36.2 Å². The number of hydrogen-bond acceptors (Lipinski definition) is 3. The van der Waals surface area contributed by atoms with Gasteiger partial charge >= 0.3 is 5.97 Å². The Balaban J connectivity index is 2.20. The quantitative estimate of drug-likeness (QED) is 0.856. The first-order chi connectivity index (χ1) is 9.20. The summed E-state index contributed by atoms with van der Waals surface area (Å²) in [6.45, 7) is 2.55. The van der Waals surface area contributed by atoms with Crippen molar-refractivity contribution in [1.29, 1.82) is 0 Å². The van der Waals surface area contributed by atoms with Crippen LogP contribution < -0.4 is 0 Å². The number of hydrogen-bond donors (Lipinski definition) is 1. The van der Waals surface area contributed by atoms with Crippen LogP contribution in [-0.2, 0) is 16.1 Å². The largest absolute Gasteiger partial charge is 0.481 e. The fourth-order valence-electron chi connectivity index (χ4n) is 2.73. The Kier molecular flexibility index (Phi) is 4.93. The van der Waals surface area contributed by atoms with Crippen LogP contribution in [0.3, 0.4) is 0 Å². The third-order valence-corrected chi connectivity index (χ3v) is 3.60. The highest BCUT2D eigenvalue weighted by molar-refractivity contribution is 5.68. The molecule has 1 unspecified atom stereocenters. The van der Waals surface area contributed by atoms with Gasteiger partial charge in [0.15, 0.2) is 0 Å². The van der Waals surface area contributed by atoms with Crippen molar-refractivity contribution in [1.82, 2.24) is 4.90 Å². The van der Waals surface area contributed by atoms with Gasteiger partial charge in [-0.05, 0) is 37.1 Å². The first-order valence-electron chi connectivity index (χ1n) is 6.74. The molecule has 1 heterocycles. The highest BCUT2D eigenvalue weighted by atomic mass is 16.5. The number of carboxylic acid groups (broad SMARTS) is 1. The van der Waals surface area contributed by atoms with E-state index in [1.165, 1.54) is 0 Å².